The van der Waals surface area contributed by atoms with Gasteiger partial charge in [-0.2, -0.15) is 0 Å². The van der Waals surface area contributed by atoms with E-state index in [1.165, 1.54) is 0 Å². The summed E-state index contributed by atoms with van der Waals surface area (Å²) in [6.07, 6.45) is 3.71. The molecule has 0 atom stereocenters. The number of aromatic nitrogens is 5. The second kappa shape index (κ2) is 7.18. The molecule has 7 nitrogen and oxygen atoms in total. The third-order valence-corrected chi connectivity index (χ3v) is 4.87. The first-order valence-corrected chi connectivity index (χ1v) is 9.87. The van der Waals surface area contributed by atoms with Gasteiger partial charge in [0.1, 0.15) is 29.4 Å². The van der Waals surface area contributed by atoms with Crippen LogP contribution in [-0.4, -0.2) is 30.6 Å². The first kappa shape index (κ1) is 18.2. The summed E-state index contributed by atoms with van der Waals surface area (Å²) in [5, 5.41) is 4.34. The molecule has 2 N–H and O–H groups in total. The molecule has 30 heavy (non-hydrogen) atoms. The minimum Gasteiger partial charge on any atom is -0.491 e. The molecule has 0 saturated carbocycles. The zero-order valence-electron chi connectivity index (χ0n) is 17.0. The molecule has 0 aliphatic carbocycles. The minimum absolute atomic E-state index is 0.111. The summed E-state index contributed by atoms with van der Waals surface area (Å²) in [6.45, 7) is 4.02. The van der Waals surface area contributed by atoms with Crippen LogP contribution >= 0.6 is 0 Å². The fourth-order valence-electron chi connectivity index (χ4n) is 3.62. The number of rotatable bonds is 5. The largest absolute Gasteiger partial charge is 0.491 e. The van der Waals surface area contributed by atoms with Crippen molar-refractivity contribution in [2.75, 3.05) is 5.32 Å². The fourth-order valence-corrected chi connectivity index (χ4v) is 3.62. The summed E-state index contributed by atoms with van der Waals surface area (Å²) in [4.78, 5) is 17.2. The maximum Gasteiger partial charge on any atom is 0.145 e. The highest BCUT2D eigenvalue weighted by Crippen LogP contribution is 2.34. The Kier molecular flexibility index (Phi) is 4.35. The predicted octanol–water partition coefficient (Wildman–Crippen LogP) is 5.04. The SMILES string of the molecule is CC(C)Oc1cccc(Nc2ncnc3c2c(-c2nc4ccccc4[nH]2)cn3C)c1. The maximum atomic E-state index is 5.82. The van der Waals surface area contributed by atoms with Crippen LogP contribution in [0.25, 0.3) is 33.5 Å². The molecule has 5 rings (SSSR count). The van der Waals surface area contributed by atoms with Crippen LogP contribution < -0.4 is 10.1 Å². The van der Waals surface area contributed by atoms with Crippen molar-refractivity contribution in [2.45, 2.75) is 20.0 Å². The van der Waals surface area contributed by atoms with Crippen LogP contribution in [0.1, 0.15) is 13.8 Å². The van der Waals surface area contributed by atoms with Crippen molar-refractivity contribution in [1.29, 1.82) is 0 Å². The fraction of sp³-hybridized carbons (Fsp3) is 0.174. The number of H-pyrrole nitrogens is 1. The average Bonchev–Trinajstić information content (AvgIpc) is 3.30. The Balaban J connectivity index is 1.61. The molecule has 3 heterocycles. The Labute approximate surface area is 173 Å². The molecule has 0 amide bonds. The molecular weight excluding hydrogens is 376 g/mol. The lowest BCUT2D eigenvalue weighted by Gasteiger charge is -2.12. The zero-order valence-corrected chi connectivity index (χ0v) is 17.0. The van der Waals surface area contributed by atoms with Crippen LogP contribution in [0.2, 0.25) is 0 Å². The second-order valence-electron chi connectivity index (χ2n) is 7.50. The number of nitrogens with zero attached hydrogens (tertiary/aromatic N) is 4. The molecule has 0 aliphatic heterocycles. The Morgan fingerprint density at radius 2 is 1.93 bits per heavy atom. The first-order valence-electron chi connectivity index (χ1n) is 9.87. The maximum absolute atomic E-state index is 5.82. The van der Waals surface area contributed by atoms with E-state index in [1.807, 2.05) is 80.2 Å². The van der Waals surface area contributed by atoms with Gasteiger partial charge in [-0.15, -0.1) is 0 Å². The molecule has 2 aromatic carbocycles. The highest BCUT2D eigenvalue weighted by atomic mass is 16.5. The van der Waals surface area contributed by atoms with Gasteiger partial charge in [-0.3, -0.25) is 0 Å². The van der Waals surface area contributed by atoms with E-state index in [-0.39, 0.29) is 6.10 Å². The second-order valence-corrected chi connectivity index (χ2v) is 7.50. The van der Waals surface area contributed by atoms with Crippen molar-refractivity contribution in [3.63, 3.8) is 0 Å². The quantitative estimate of drug-likeness (QED) is 0.433. The third-order valence-electron chi connectivity index (χ3n) is 4.87. The number of benzene rings is 2. The van der Waals surface area contributed by atoms with Crippen molar-refractivity contribution >= 4 is 33.6 Å². The molecule has 5 aromatic rings. The van der Waals surface area contributed by atoms with Crippen molar-refractivity contribution < 1.29 is 4.74 Å². The summed E-state index contributed by atoms with van der Waals surface area (Å²) in [5.41, 5.74) is 4.59. The van der Waals surface area contributed by atoms with Gasteiger partial charge in [0.15, 0.2) is 0 Å². The number of aromatic amines is 1. The Bertz CT molecular complexity index is 1320. The third kappa shape index (κ3) is 3.24. The topological polar surface area (TPSA) is 80.7 Å². The number of hydrogen-bond acceptors (Lipinski definition) is 5. The molecular formula is C23H22N6O. The Hall–Kier alpha value is -3.87. The average molecular weight is 398 g/mol. The number of fused-ring (bicyclic) bond motifs is 2. The van der Waals surface area contributed by atoms with E-state index in [4.69, 9.17) is 9.72 Å². The van der Waals surface area contributed by atoms with Crippen molar-refractivity contribution in [3.8, 4) is 17.1 Å². The van der Waals surface area contributed by atoms with Crippen LogP contribution in [0.4, 0.5) is 11.5 Å². The zero-order chi connectivity index (χ0) is 20.7. The number of anilines is 2. The highest BCUT2D eigenvalue weighted by molar-refractivity contribution is 6.01. The van der Waals surface area contributed by atoms with E-state index in [0.29, 0.717) is 0 Å². The lowest BCUT2D eigenvalue weighted by molar-refractivity contribution is 0.242. The van der Waals surface area contributed by atoms with Gasteiger partial charge in [-0.25, -0.2) is 15.0 Å². The highest BCUT2D eigenvalue weighted by Gasteiger charge is 2.18. The van der Waals surface area contributed by atoms with Crippen LogP contribution in [-0.2, 0) is 7.05 Å². The summed E-state index contributed by atoms with van der Waals surface area (Å²) < 4.78 is 7.81. The van der Waals surface area contributed by atoms with Gasteiger partial charge in [-0.05, 0) is 38.1 Å². The molecule has 0 spiro atoms. The summed E-state index contributed by atoms with van der Waals surface area (Å²) in [5.74, 6) is 2.32. The number of ether oxygens (including phenoxy) is 1. The summed E-state index contributed by atoms with van der Waals surface area (Å²) in [7, 11) is 1.97. The van der Waals surface area contributed by atoms with E-state index < -0.39 is 0 Å². The van der Waals surface area contributed by atoms with Crippen LogP contribution in [0.5, 0.6) is 5.75 Å². The van der Waals surface area contributed by atoms with E-state index >= 15 is 0 Å². The summed E-state index contributed by atoms with van der Waals surface area (Å²) >= 11 is 0. The van der Waals surface area contributed by atoms with Crippen LogP contribution in [0, 0.1) is 0 Å². The molecule has 0 aliphatic rings. The number of aryl methyl sites for hydroxylation is 1. The molecule has 3 aromatic heterocycles. The predicted molar refractivity (Wildman–Crippen MR) is 119 cm³/mol. The van der Waals surface area contributed by atoms with Gasteiger partial charge in [0.2, 0.25) is 0 Å². The molecule has 150 valence electrons. The number of para-hydroxylation sites is 2. The van der Waals surface area contributed by atoms with E-state index in [2.05, 4.69) is 20.3 Å². The molecule has 0 saturated heterocycles. The monoisotopic (exact) mass is 398 g/mol. The van der Waals surface area contributed by atoms with Crippen LogP contribution in [0.3, 0.4) is 0 Å². The molecule has 0 fully saturated rings. The molecule has 7 heteroatoms. The minimum atomic E-state index is 0.111. The van der Waals surface area contributed by atoms with Gasteiger partial charge < -0.3 is 19.6 Å². The van der Waals surface area contributed by atoms with Gasteiger partial charge >= 0.3 is 0 Å². The number of hydrogen-bond donors (Lipinski definition) is 2. The van der Waals surface area contributed by atoms with Crippen molar-refractivity contribution in [1.82, 2.24) is 24.5 Å². The first-order chi connectivity index (χ1) is 14.6. The lowest BCUT2D eigenvalue weighted by Crippen LogP contribution is -2.05. The van der Waals surface area contributed by atoms with E-state index in [1.54, 1.807) is 6.33 Å². The molecule has 0 bridgehead atoms. The number of nitrogens with one attached hydrogen (secondary N) is 2. The Morgan fingerprint density at radius 1 is 1.07 bits per heavy atom. The normalized spacial score (nSPS) is 11.5. The van der Waals surface area contributed by atoms with Gasteiger partial charge in [0.05, 0.1) is 22.5 Å². The number of imidazole rings is 1. The Morgan fingerprint density at radius 3 is 2.77 bits per heavy atom. The van der Waals surface area contributed by atoms with Gasteiger partial charge in [0.25, 0.3) is 0 Å². The van der Waals surface area contributed by atoms with E-state index in [9.17, 15) is 0 Å². The molecule has 0 unspecified atom stereocenters. The standard InChI is InChI=1S/C23H22N6O/c1-14(2)30-16-8-6-7-15(11-16)26-22-20-17(12-29(3)23(20)25-13-24-22)21-27-18-9-4-5-10-19(18)28-21/h4-14H,1-3H3,(H,27,28)(H,24,25,26). The van der Waals surface area contributed by atoms with Crippen molar-refractivity contribution in [3.05, 3.63) is 61.1 Å². The summed E-state index contributed by atoms with van der Waals surface area (Å²) in [6, 6.07) is 15.9. The van der Waals surface area contributed by atoms with Gasteiger partial charge in [-0.1, -0.05) is 18.2 Å². The van der Waals surface area contributed by atoms with E-state index in [0.717, 1.165) is 50.7 Å². The van der Waals surface area contributed by atoms with Crippen molar-refractivity contribution in [2.24, 2.45) is 7.05 Å². The van der Waals surface area contributed by atoms with Crippen LogP contribution in [0.15, 0.2) is 61.1 Å². The molecule has 0 radical (unpaired) electrons. The van der Waals surface area contributed by atoms with Gasteiger partial charge in [0, 0.05) is 30.6 Å². The lowest BCUT2D eigenvalue weighted by atomic mass is 10.2. The smallest absolute Gasteiger partial charge is 0.145 e.